The summed E-state index contributed by atoms with van der Waals surface area (Å²) in [5.41, 5.74) is 3.20. The molecule has 0 aliphatic heterocycles. The molecule has 0 saturated heterocycles. The van der Waals surface area contributed by atoms with E-state index in [0.717, 1.165) is 0 Å². The van der Waals surface area contributed by atoms with Crippen LogP contribution in [0, 0.1) is 5.82 Å². The number of benzene rings is 3. The molecule has 0 aliphatic carbocycles. The predicted octanol–water partition coefficient (Wildman–Crippen LogP) is 6.44. The van der Waals surface area contributed by atoms with Crippen LogP contribution in [0.3, 0.4) is 0 Å². The van der Waals surface area contributed by atoms with Crippen molar-refractivity contribution in [2.24, 2.45) is 0 Å². The fraction of sp³-hybridized carbons (Fsp3) is 0.0833. The first-order valence-corrected chi connectivity index (χ1v) is 10.9. The molecule has 5 nitrogen and oxygen atoms in total. The third-order valence-corrected chi connectivity index (χ3v) is 5.86. The summed E-state index contributed by atoms with van der Waals surface area (Å²) in [5.74, 6) is -0.727. The number of alkyl halides is 3. The first-order chi connectivity index (χ1) is 16.4. The molecule has 170 valence electrons. The lowest BCUT2D eigenvalue weighted by Gasteiger charge is -2.10. The largest absolute Gasteiger partial charge is 0.573 e. The molecule has 0 spiro atoms. The fourth-order valence-electron chi connectivity index (χ4n) is 3.41. The van der Waals surface area contributed by atoms with Crippen LogP contribution in [-0.4, -0.2) is 26.5 Å². The minimum absolute atomic E-state index is 0.258. The van der Waals surface area contributed by atoms with Gasteiger partial charge in [-0.2, -0.15) is 0 Å². The maximum Gasteiger partial charge on any atom is 0.573 e. The Morgan fingerprint density at radius 2 is 1.47 bits per heavy atom. The summed E-state index contributed by atoms with van der Waals surface area (Å²) in [4.78, 5) is 9.36. The van der Waals surface area contributed by atoms with E-state index in [0.29, 0.717) is 43.6 Å². The number of hydrogen-bond donors (Lipinski definition) is 0. The van der Waals surface area contributed by atoms with Crippen molar-refractivity contribution in [1.29, 1.82) is 0 Å². The van der Waals surface area contributed by atoms with Gasteiger partial charge in [0.15, 0.2) is 0 Å². The number of rotatable bonds is 5. The molecule has 0 aliphatic rings. The Bertz CT molecular complexity index is 1470. The van der Waals surface area contributed by atoms with Gasteiger partial charge in [0.2, 0.25) is 0 Å². The molecular weight excluding hydrogens is 468 g/mol. The average Bonchev–Trinajstić information content (AvgIpc) is 3.27. The molecule has 2 heterocycles. The van der Waals surface area contributed by atoms with Crippen molar-refractivity contribution in [1.82, 2.24) is 20.2 Å². The highest BCUT2D eigenvalue weighted by atomic mass is 32.1. The Balaban J connectivity index is 1.47. The van der Waals surface area contributed by atoms with E-state index in [1.807, 2.05) is 24.3 Å². The van der Waals surface area contributed by atoms with Gasteiger partial charge >= 0.3 is 6.36 Å². The van der Waals surface area contributed by atoms with Crippen LogP contribution in [0.4, 0.5) is 17.6 Å². The zero-order chi connectivity index (χ0) is 23.7. The second-order valence-electron chi connectivity index (χ2n) is 7.24. The summed E-state index contributed by atoms with van der Waals surface area (Å²) < 4.78 is 55.6. The SMILES string of the molecule is Fc1ccccc1-c1nc2ccccc2nc1Cc1nnc(-c2ccc(OC(F)(F)F)cc2)s1. The summed E-state index contributed by atoms with van der Waals surface area (Å²) in [7, 11) is 0. The quantitative estimate of drug-likeness (QED) is 0.270. The van der Waals surface area contributed by atoms with Crippen LogP contribution in [0.1, 0.15) is 10.7 Å². The van der Waals surface area contributed by atoms with Crippen LogP contribution >= 0.6 is 11.3 Å². The van der Waals surface area contributed by atoms with Gasteiger partial charge in [0.05, 0.1) is 22.4 Å². The lowest BCUT2D eigenvalue weighted by atomic mass is 10.1. The second-order valence-corrected chi connectivity index (χ2v) is 8.30. The van der Waals surface area contributed by atoms with Crippen LogP contribution in [-0.2, 0) is 6.42 Å². The number of aromatic nitrogens is 4. The van der Waals surface area contributed by atoms with Gasteiger partial charge in [-0.05, 0) is 48.5 Å². The summed E-state index contributed by atoms with van der Waals surface area (Å²) in [6, 6.07) is 19.1. The number of nitrogens with zero attached hydrogens (tertiary/aromatic N) is 4. The highest BCUT2D eigenvalue weighted by molar-refractivity contribution is 7.14. The number of hydrogen-bond acceptors (Lipinski definition) is 6. The van der Waals surface area contributed by atoms with E-state index in [1.165, 1.54) is 41.7 Å². The van der Waals surface area contributed by atoms with Crippen LogP contribution < -0.4 is 4.74 Å². The smallest absolute Gasteiger partial charge is 0.406 e. The summed E-state index contributed by atoms with van der Waals surface area (Å²) >= 11 is 1.27. The Morgan fingerprint density at radius 1 is 0.794 bits per heavy atom. The Hall–Kier alpha value is -3.92. The van der Waals surface area contributed by atoms with Crippen molar-refractivity contribution in [3.63, 3.8) is 0 Å². The van der Waals surface area contributed by atoms with E-state index in [4.69, 9.17) is 4.98 Å². The molecule has 34 heavy (non-hydrogen) atoms. The standard InChI is InChI=1S/C24H14F4N4OS/c25-17-6-2-1-5-16(17)22-20(29-18-7-3-4-8-19(18)30-22)13-21-31-32-23(34-21)14-9-11-15(12-10-14)33-24(26,27)28/h1-12H,13H2. The monoisotopic (exact) mass is 482 g/mol. The van der Waals surface area contributed by atoms with Gasteiger partial charge < -0.3 is 4.74 Å². The Kier molecular flexibility index (Phi) is 5.66. The van der Waals surface area contributed by atoms with Crippen molar-refractivity contribution in [3.8, 4) is 27.6 Å². The molecule has 5 aromatic rings. The van der Waals surface area contributed by atoms with Gasteiger partial charge in [-0.1, -0.05) is 35.6 Å². The van der Waals surface area contributed by atoms with Crippen molar-refractivity contribution >= 4 is 22.4 Å². The Morgan fingerprint density at radius 3 is 2.18 bits per heavy atom. The van der Waals surface area contributed by atoms with E-state index in [1.54, 1.807) is 18.2 Å². The van der Waals surface area contributed by atoms with E-state index in [2.05, 4.69) is 19.9 Å². The van der Waals surface area contributed by atoms with E-state index >= 15 is 0 Å². The molecule has 3 aromatic carbocycles. The maximum absolute atomic E-state index is 14.6. The normalized spacial score (nSPS) is 11.6. The van der Waals surface area contributed by atoms with Gasteiger partial charge in [0.1, 0.15) is 21.6 Å². The molecule has 0 bridgehead atoms. The molecule has 0 saturated carbocycles. The summed E-state index contributed by atoms with van der Waals surface area (Å²) in [6.45, 7) is 0. The molecule has 0 amide bonds. The maximum atomic E-state index is 14.6. The van der Waals surface area contributed by atoms with Gasteiger partial charge in [-0.15, -0.1) is 23.4 Å². The van der Waals surface area contributed by atoms with Crippen molar-refractivity contribution in [2.45, 2.75) is 12.8 Å². The number of fused-ring (bicyclic) bond motifs is 1. The van der Waals surface area contributed by atoms with E-state index in [-0.39, 0.29) is 12.2 Å². The molecule has 0 N–H and O–H groups in total. The molecular formula is C24H14F4N4OS. The van der Waals surface area contributed by atoms with Crippen LogP contribution in [0.5, 0.6) is 5.75 Å². The predicted molar refractivity (Wildman–Crippen MR) is 120 cm³/mol. The number of ether oxygens (including phenoxy) is 1. The van der Waals surface area contributed by atoms with Crippen LogP contribution in [0.25, 0.3) is 32.9 Å². The first kappa shape index (κ1) is 21.9. The highest BCUT2D eigenvalue weighted by Crippen LogP contribution is 2.31. The molecule has 0 radical (unpaired) electrons. The van der Waals surface area contributed by atoms with Gasteiger partial charge in [-0.25, -0.2) is 14.4 Å². The van der Waals surface area contributed by atoms with Gasteiger partial charge in [0.25, 0.3) is 0 Å². The first-order valence-electron chi connectivity index (χ1n) is 10.0. The molecule has 0 fully saturated rings. The van der Waals surface area contributed by atoms with Crippen LogP contribution in [0.15, 0.2) is 72.8 Å². The average molecular weight is 482 g/mol. The van der Waals surface area contributed by atoms with E-state index < -0.39 is 12.2 Å². The lowest BCUT2D eigenvalue weighted by molar-refractivity contribution is -0.274. The number of para-hydroxylation sites is 2. The molecule has 0 atom stereocenters. The molecule has 0 unspecified atom stereocenters. The lowest BCUT2D eigenvalue weighted by Crippen LogP contribution is -2.16. The van der Waals surface area contributed by atoms with Crippen molar-refractivity contribution in [2.75, 3.05) is 0 Å². The third-order valence-electron chi connectivity index (χ3n) is 4.89. The third kappa shape index (κ3) is 4.72. The van der Waals surface area contributed by atoms with Crippen LogP contribution in [0.2, 0.25) is 0 Å². The minimum atomic E-state index is -4.76. The molecule has 5 rings (SSSR count). The minimum Gasteiger partial charge on any atom is -0.406 e. The van der Waals surface area contributed by atoms with E-state index in [9.17, 15) is 17.6 Å². The zero-order valence-electron chi connectivity index (χ0n) is 17.3. The zero-order valence-corrected chi connectivity index (χ0v) is 18.1. The topological polar surface area (TPSA) is 60.8 Å². The molecule has 2 aromatic heterocycles. The highest BCUT2D eigenvalue weighted by Gasteiger charge is 2.31. The van der Waals surface area contributed by atoms with Crippen molar-refractivity contribution < 1.29 is 22.3 Å². The fourth-order valence-corrected chi connectivity index (χ4v) is 4.26. The second kappa shape index (κ2) is 8.79. The number of halogens is 4. The summed E-state index contributed by atoms with van der Waals surface area (Å²) in [6.07, 6.45) is -4.50. The van der Waals surface area contributed by atoms with Crippen molar-refractivity contribution in [3.05, 3.63) is 89.3 Å². The van der Waals surface area contributed by atoms with Gasteiger partial charge in [-0.3, -0.25) is 0 Å². The Labute approximate surface area is 194 Å². The summed E-state index contributed by atoms with van der Waals surface area (Å²) in [5, 5.41) is 9.48. The molecule has 10 heteroatoms. The van der Waals surface area contributed by atoms with Gasteiger partial charge in [0, 0.05) is 17.5 Å².